The molecule has 1 fully saturated rings. The highest BCUT2D eigenvalue weighted by atomic mass is 35.5. The molecule has 1 aromatic carbocycles. The maximum atomic E-state index is 5.92. The molecule has 158 valence electrons. The van der Waals surface area contributed by atoms with Gasteiger partial charge in [0.15, 0.2) is 5.96 Å². The van der Waals surface area contributed by atoms with Crippen LogP contribution < -0.4 is 10.6 Å². The zero-order valence-electron chi connectivity index (χ0n) is 17.0. The lowest BCUT2D eigenvalue weighted by molar-refractivity contribution is 0.0220. The largest absolute Gasteiger partial charge is 0.379 e. The summed E-state index contributed by atoms with van der Waals surface area (Å²) >= 11 is 5.92. The highest BCUT2D eigenvalue weighted by Gasteiger charge is 2.16. The number of aromatic nitrogens is 2. The van der Waals surface area contributed by atoms with E-state index < -0.39 is 0 Å². The Morgan fingerprint density at radius 3 is 2.72 bits per heavy atom. The number of nitrogens with zero attached hydrogens (tertiary/aromatic N) is 4. The van der Waals surface area contributed by atoms with Gasteiger partial charge in [-0.2, -0.15) is 4.98 Å². The zero-order valence-corrected chi connectivity index (χ0v) is 17.8. The standard InChI is InChI=1S/C20H29ClN6O2/c1-3-22-20(24-14-15(2)27-10-12-28-13-11-27)23-9-8-18-25-19(26-29-18)16-4-6-17(21)7-5-16/h4-7,15H,3,8-14H2,1-2H3,(H2,22,23,24). The van der Waals surface area contributed by atoms with Gasteiger partial charge in [0.1, 0.15) is 0 Å². The fraction of sp³-hybridized carbons (Fsp3) is 0.550. The van der Waals surface area contributed by atoms with Crippen molar-refractivity contribution in [3.8, 4) is 11.4 Å². The normalized spacial score (nSPS) is 16.6. The van der Waals surface area contributed by atoms with Gasteiger partial charge < -0.3 is 19.9 Å². The molecule has 2 heterocycles. The lowest BCUT2D eigenvalue weighted by Crippen LogP contribution is -2.44. The number of ether oxygens (including phenoxy) is 1. The highest BCUT2D eigenvalue weighted by molar-refractivity contribution is 6.30. The van der Waals surface area contributed by atoms with Gasteiger partial charge in [0.05, 0.1) is 19.8 Å². The fourth-order valence-electron chi connectivity index (χ4n) is 3.06. The molecular formula is C20H29ClN6O2. The summed E-state index contributed by atoms with van der Waals surface area (Å²) in [7, 11) is 0. The summed E-state index contributed by atoms with van der Waals surface area (Å²) in [6.45, 7) is 9.98. The van der Waals surface area contributed by atoms with Gasteiger partial charge in [0.25, 0.3) is 0 Å². The number of guanidine groups is 1. The van der Waals surface area contributed by atoms with Crippen LogP contribution in [0.25, 0.3) is 11.4 Å². The van der Waals surface area contributed by atoms with Gasteiger partial charge in [0.2, 0.25) is 11.7 Å². The van der Waals surface area contributed by atoms with Crippen molar-refractivity contribution in [2.24, 2.45) is 4.99 Å². The molecule has 2 N–H and O–H groups in total. The molecule has 0 saturated carbocycles. The molecule has 1 aliphatic heterocycles. The number of rotatable bonds is 8. The monoisotopic (exact) mass is 420 g/mol. The first kappa shape index (κ1) is 21.5. The molecule has 0 bridgehead atoms. The Morgan fingerprint density at radius 1 is 1.24 bits per heavy atom. The molecule has 9 heteroatoms. The minimum Gasteiger partial charge on any atom is -0.379 e. The molecular weight excluding hydrogens is 392 g/mol. The van der Waals surface area contributed by atoms with E-state index in [-0.39, 0.29) is 0 Å². The molecule has 1 aromatic heterocycles. The number of hydrogen-bond acceptors (Lipinski definition) is 6. The smallest absolute Gasteiger partial charge is 0.228 e. The highest BCUT2D eigenvalue weighted by Crippen LogP contribution is 2.18. The van der Waals surface area contributed by atoms with E-state index in [1.807, 2.05) is 24.3 Å². The zero-order chi connectivity index (χ0) is 20.5. The number of aliphatic imine (C=N–C) groups is 1. The number of benzene rings is 1. The molecule has 2 aromatic rings. The molecule has 0 radical (unpaired) electrons. The topological polar surface area (TPSA) is 87.8 Å². The van der Waals surface area contributed by atoms with Crippen LogP contribution in [-0.2, 0) is 11.2 Å². The van der Waals surface area contributed by atoms with E-state index in [9.17, 15) is 0 Å². The van der Waals surface area contributed by atoms with Gasteiger partial charge >= 0.3 is 0 Å². The second kappa shape index (κ2) is 11.1. The van der Waals surface area contributed by atoms with Gasteiger partial charge in [-0.25, -0.2) is 0 Å². The molecule has 8 nitrogen and oxygen atoms in total. The number of halogens is 1. The maximum Gasteiger partial charge on any atom is 0.228 e. The minimum atomic E-state index is 0.382. The predicted octanol–water partition coefficient (Wildman–Crippen LogP) is 2.21. The van der Waals surface area contributed by atoms with Crippen LogP contribution in [0.2, 0.25) is 5.02 Å². The molecule has 29 heavy (non-hydrogen) atoms. The third kappa shape index (κ3) is 6.69. The second-order valence-corrected chi connectivity index (χ2v) is 7.35. The minimum absolute atomic E-state index is 0.382. The average molecular weight is 421 g/mol. The van der Waals surface area contributed by atoms with E-state index in [1.165, 1.54) is 0 Å². The van der Waals surface area contributed by atoms with Gasteiger partial charge in [-0.05, 0) is 38.1 Å². The third-order valence-electron chi connectivity index (χ3n) is 4.73. The first-order valence-electron chi connectivity index (χ1n) is 10.1. The Balaban J connectivity index is 1.48. The van der Waals surface area contributed by atoms with Crippen LogP contribution >= 0.6 is 11.6 Å². The summed E-state index contributed by atoms with van der Waals surface area (Å²) in [5.74, 6) is 1.95. The summed E-state index contributed by atoms with van der Waals surface area (Å²) in [5.41, 5.74) is 0.879. The Bertz CT molecular complexity index is 774. The first-order chi connectivity index (χ1) is 14.2. The second-order valence-electron chi connectivity index (χ2n) is 6.91. The van der Waals surface area contributed by atoms with E-state index >= 15 is 0 Å². The van der Waals surface area contributed by atoms with Crippen molar-refractivity contribution in [3.63, 3.8) is 0 Å². The van der Waals surface area contributed by atoms with Crippen molar-refractivity contribution in [2.45, 2.75) is 26.3 Å². The molecule has 0 amide bonds. The van der Waals surface area contributed by atoms with Gasteiger partial charge in [0, 0.05) is 49.2 Å². The van der Waals surface area contributed by atoms with Gasteiger partial charge in [-0.3, -0.25) is 9.89 Å². The first-order valence-corrected chi connectivity index (χ1v) is 10.5. The lowest BCUT2D eigenvalue weighted by atomic mass is 10.2. The third-order valence-corrected chi connectivity index (χ3v) is 4.98. The predicted molar refractivity (Wildman–Crippen MR) is 114 cm³/mol. The molecule has 1 saturated heterocycles. The average Bonchev–Trinajstić information content (AvgIpc) is 3.22. The summed E-state index contributed by atoms with van der Waals surface area (Å²) < 4.78 is 10.8. The van der Waals surface area contributed by atoms with E-state index in [4.69, 9.17) is 25.9 Å². The SMILES string of the molecule is CCNC(=NCC(C)N1CCOCC1)NCCc1nc(-c2ccc(Cl)cc2)no1. The number of hydrogen-bond donors (Lipinski definition) is 2. The van der Waals surface area contributed by atoms with Crippen molar-refractivity contribution in [2.75, 3.05) is 45.9 Å². The van der Waals surface area contributed by atoms with Crippen LogP contribution in [0, 0.1) is 0 Å². The molecule has 1 unspecified atom stereocenters. The maximum absolute atomic E-state index is 5.92. The Kier molecular flexibility index (Phi) is 8.27. The number of morpholine rings is 1. The molecule has 1 atom stereocenters. The molecule has 0 aliphatic carbocycles. The van der Waals surface area contributed by atoms with Crippen molar-refractivity contribution >= 4 is 17.6 Å². The van der Waals surface area contributed by atoms with Crippen molar-refractivity contribution < 1.29 is 9.26 Å². The molecule has 1 aliphatic rings. The Labute approximate surface area is 176 Å². The van der Waals surface area contributed by atoms with E-state index in [0.29, 0.717) is 35.7 Å². The van der Waals surface area contributed by atoms with Crippen LogP contribution in [0.3, 0.4) is 0 Å². The van der Waals surface area contributed by atoms with Gasteiger partial charge in [-0.1, -0.05) is 16.8 Å². The van der Waals surface area contributed by atoms with Gasteiger partial charge in [-0.15, -0.1) is 0 Å². The van der Waals surface area contributed by atoms with Crippen LogP contribution in [0.5, 0.6) is 0 Å². The summed E-state index contributed by atoms with van der Waals surface area (Å²) in [4.78, 5) is 11.6. The fourth-order valence-corrected chi connectivity index (χ4v) is 3.19. The van der Waals surface area contributed by atoms with Crippen LogP contribution in [-0.4, -0.2) is 73.0 Å². The van der Waals surface area contributed by atoms with E-state index in [2.05, 4.69) is 39.5 Å². The Morgan fingerprint density at radius 2 is 2.00 bits per heavy atom. The van der Waals surface area contributed by atoms with E-state index in [1.54, 1.807) is 0 Å². The molecule has 3 rings (SSSR count). The Hall–Kier alpha value is -2.16. The van der Waals surface area contributed by atoms with Crippen molar-refractivity contribution in [1.82, 2.24) is 25.7 Å². The van der Waals surface area contributed by atoms with Crippen molar-refractivity contribution in [3.05, 3.63) is 35.2 Å². The van der Waals surface area contributed by atoms with Crippen LogP contribution in [0.15, 0.2) is 33.8 Å². The lowest BCUT2D eigenvalue weighted by Gasteiger charge is -2.31. The summed E-state index contributed by atoms with van der Waals surface area (Å²) in [6.07, 6.45) is 0.615. The van der Waals surface area contributed by atoms with Crippen molar-refractivity contribution in [1.29, 1.82) is 0 Å². The molecule has 0 spiro atoms. The summed E-state index contributed by atoms with van der Waals surface area (Å²) in [5, 5.41) is 11.3. The number of nitrogens with one attached hydrogen (secondary N) is 2. The quantitative estimate of drug-likeness (QED) is 0.500. The van der Waals surface area contributed by atoms with Crippen LogP contribution in [0.4, 0.5) is 0 Å². The van der Waals surface area contributed by atoms with Crippen LogP contribution in [0.1, 0.15) is 19.7 Å². The summed E-state index contributed by atoms with van der Waals surface area (Å²) in [6, 6.07) is 7.76. The van der Waals surface area contributed by atoms with E-state index in [0.717, 1.165) is 50.9 Å².